The highest BCUT2D eigenvalue weighted by Gasteiger charge is 2.25. The second kappa shape index (κ2) is 8.79. The van der Waals surface area contributed by atoms with Gasteiger partial charge in [0.1, 0.15) is 0 Å². The molecule has 2 aromatic carbocycles. The van der Waals surface area contributed by atoms with E-state index in [-0.39, 0.29) is 5.91 Å². The lowest BCUT2D eigenvalue weighted by molar-refractivity contribution is -0.115. The van der Waals surface area contributed by atoms with Gasteiger partial charge in [0.25, 0.3) is 5.91 Å². The molecule has 1 aliphatic heterocycles. The Morgan fingerprint density at radius 1 is 1.19 bits per heavy atom. The van der Waals surface area contributed by atoms with Crippen molar-refractivity contribution in [2.75, 3.05) is 14.2 Å². The van der Waals surface area contributed by atoms with Crippen LogP contribution in [0.25, 0.3) is 6.08 Å². The lowest BCUT2D eigenvalue weighted by Gasteiger charge is -2.11. The third kappa shape index (κ3) is 4.65. The van der Waals surface area contributed by atoms with E-state index in [2.05, 4.69) is 39.8 Å². The van der Waals surface area contributed by atoms with Crippen LogP contribution in [-0.4, -0.2) is 25.3 Å². The van der Waals surface area contributed by atoms with E-state index in [1.165, 1.54) is 17.3 Å². The fourth-order valence-electron chi connectivity index (χ4n) is 2.61. The Bertz CT molecular complexity index is 924. The third-order valence-electron chi connectivity index (χ3n) is 3.99. The molecule has 0 aliphatic carbocycles. The molecule has 2 aromatic rings. The van der Waals surface area contributed by atoms with Gasteiger partial charge in [-0.3, -0.25) is 4.79 Å². The number of amidine groups is 1. The number of nitrogens with zero attached hydrogens (tertiary/aromatic N) is 1. The molecule has 1 aliphatic rings. The Balaban J connectivity index is 1.89. The van der Waals surface area contributed by atoms with Crippen molar-refractivity contribution in [2.24, 2.45) is 4.99 Å². The van der Waals surface area contributed by atoms with E-state index in [0.717, 1.165) is 21.2 Å². The predicted molar refractivity (Wildman–Crippen MR) is 119 cm³/mol. The molecule has 0 saturated carbocycles. The highest BCUT2D eigenvalue weighted by atomic mass is 127. The van der Waals surface area contributed by atoms with Crippen molar-refractivity contribution in [1.82, 2.24) is 5.32 Å². The van der Waals surface area contributed by atoms with Crippen LogP contribution in [0.1, 0.15) is 18.1 Å². The molecule has 1 fully saturated rings. The largest absolute Gasteiger partial charge is 0.493 e. The zero-order chi connectivity index (χ0) is 19.4. The smallest absolute Gasteiger partial charge is 0.264 e. The molecule has 1 amide bonds. The number of hydrogen-bond acceptors (Lipinski definition) is 5. The first kappa shape index (κ1) is 19.8. The van der Waals surface area contributed by atoms with Gasteiger partial charge >= 0.3 is 0 Å². The number of hydrogen-bond donors (Lipinski definition) is 1. The zero-order valence-electron chi connectivity index (χ0n) is 15.2. The monoisotopic (exact) mass is 494 g/mol. The van der Waals surface area contributed by atoms with Crippen LogP contribution in [0, 0.1) is 3.57 Å². The Morgan fingerprint density at radius 3 is 2.56 bits per heavy atom. The van der Waals surface area contributed by atoms with Crippen LogP contribution in [0.15, 0.2) is 46.3 Å². The van der Waals surface area contributed by atoms with Gasteiger partial charge in [0.05, 0.1) is 24.8 Å². The van der Waals surface area contributed by atoms with Crippen molar-refractivity contribution >= 4 is 57.2 Å². The molecule has 3 rings (SSSR count). The number of thioether (sulfide) groups is 1. The topological polar surface area (TPSA) is 59.9 Å². The standard InChI is InChI=1S/C20H19IN2O3S/c1-4-12-5-7-15(8-6-12)22-20-23-19(24)17(27-20)10-13-9-14(21)11-16(25-2)18(13)26-3/h5-11H,4H2,1-3H3,(H,22,23,24)/b17-10-. The summed E-state index contributed by atoms with van der Waals surface area (Å²) in [5, 5.41) is 3.38. The molecule has 140 valence electrons. The number of rotatable bonds is 5. The van der Waals surface area contributed by atoms with Gasteiger partial charge in [-0.2, -0.15) is 0 Å². The van der Waals surface area contributed by atoms with Crippen molar-refractivity contribution < 1.29 is 14.3 Å². The number of benzene rings is 2. The van der Waals surface area contributed by atoms with Crippen molar-refractivity contribution in [3.05, 3.63) is 56.0 Å². The van der Waals surface area contributed by atoms with Crippen molar-refractivity contribution in [3.63, 3.8) is 0 Å². The summed E-state index contributed by atoms with van der Waals surface area (Å²) in [6.07, 6.45) is 2.78. The molecule has 0 radical (unpaired) electrons. The number of ether oxygens (including phenoxy) is 2. The normalized spacial score (nSPS) is 16.7. The van der Waals surface area contributed by atoms with Gasteiger partial charge in [-0.1, -0.05) is 19.1 Å². The van der Waals surface area contributed by atoms with Crippen LogP contribution in [-0.2, 0) is 11.2 Å². The van der Waals surface area contributed by atoms with E-state index in [4.69, 9.17) is 9.47 Å². The van der Waals surface area contributed by atoms with E-state index in [1.807, 2.05) is 36.4 Å². The predicted octanol–water partition coefficient (Wildman–Crippen LogP) is 4.76. The van der Waals surface area contributed by atoms with Crippen LogP contribution >= 0.6 is 34.4 Å². The molecule has 0 atom stereocenters. The summed E-state index contributed by atoms with van der Waals surface area (Å²) in [5.74, 6) is 1.05. The molecule has 0 unspecified atom stereocenters. The summed E-state index contributed by atoms with van der Waals surface area (Å²) in [7, 11) is 3.18. The third-order valence-corrected chi connectivity index (χ3v) is 5.52. The highest BCUT2D eigenvalue weighted by Crippen LogP contribution is 2.37. The molecule has 27 heavy (non-hydrogen) atoms. The number of aryl methyl sites for hydroxylation is 1. The lowest BCUT2D eigenvalue weighted by Crippen LogP contribution is -2.19. The van der Waals surface area contributed by atoms with Crippen LogP contribution in [0.5, 0.6) is 11.5 Å². The van der Waals surface area contributed by atoms with E-state index < -0.39 is 0 Å². The number of nitrogens with one attached hydrogen (secondary N) is 1. The number of aliphatic imine (C=N–C) groups is 1. The van der Waals surface area contributed by atoms with Crippen LogP contribution < -0.4 is 14.8 Å². The molecule has 1 heterocycles. The second-order valence-electron chi connectivity index (χ2n) is 5.73. The average Bonchev–Trinajstić information content (AvgIpc) is 3.00. The van der Waals surface area contributed by atoms with Crippen molar-refractivity contribution in [1.29, 1.82) is 0 Å². The average molecular weight is 494 g/mol. The fraction of sp³-hybridized carbons (Fsp3) is 0.200. The quantitative estimate of drug-likeness (QED) is 0.481. The first-order valence-corrected chi connectivity index (χ1v) is 10.2. The number of halogens is 1. The molecule has 1 saturated heterocycles. The molecule has 7 heteroatoms. The van der Waals surface area contributed by atoms with Gasteiger partial charge in [-0.25, -0.2) is 4.99 Å². The maximum atomic E-state index is 12.4. The molecule has 1 N–H and O–H groups in total. The summed E-state index contributed by atoms with van der Waals surface area (Å²) in [6, 6.07) is 11.8. The SMILES string of the molecule is CCc1ccc(N=C2NC(=O)/C(=C/c3cc(I)cc(OC)c3OC)S2)cc1. The van der Waals surface area contributed by atoms with Crippen LogP contribution in [0.2, 0.25) is 0 Å². The van der Waals surface area contributed by atoms with Crippen LogP contribution in [0.3, 0.4) is 0 Å². The molecular formula is C20H19IN2O3S. The highest BCUT2D eigenvalue weighted by molar-refractivity contribution is 14.1. The summed E-state index contributed by atoms with van der Waals surface area (Å²) in [5.41, 5.74) is 2.85. The van der Waals surface area contributed by atoms with E-state index in [9.17, 15) is 4.79 Å². The zero-order valence-corrected chi connectivity index (χ0v) is 18.2. The molecule has 5 nitrogen and oxygen atoms in total. The Hall–Kier alpha value is -2.00. The number of carbonyl (C=O) groups is 1. The first-order chi connectivity index (χ1) is 13.0. The summed E-state index contributed by atoms with van der Waals surface area (Å²) >= 11 is 3.52. The van der Waals surface area contributed by atoms with Gasteiger partial charge in [-0.15, -0.1) is 0 Å². The van der Waals surface area contributed by atoms with E-state index in [1.54, 1.807) is 20.3 Å². The minimum Gasteiger partial charge on any atom is -0.493 e. The maximum absolute atomic E-state index is 12.4. The maximum Gasteiger partial charge on any atom is 0.264 e. The number of amides is 1. The van der Waals surface area contributed by atoms with Crippen molar-refractivity contribution in [3.8, 4) is 11.5 Å². The summed E-state index contributed by atoms with van der Waals surface area (Å²) in [6.45, 7) is 2.11. The van der Waals surface area contributed by atoms with E-state index in [0.29, 0.717) is 21.6 Å². The Kier molecular flexibility index (Phi) is 6.43. The number of methoxy groups -OCH3 is 2. The van der Waals surface area contributed by atoms with Gasteiger partial charge < -0.3 is 14.8 Å². The van der Waals surface area contributed by atoms with Gasteiger partial charge in [0.15, 0.2) is 16.7 Å². The van der Waals surface area contributed by atoms with Gasteiger partial charge in [-0.05, 0) is 76.7 Å². The van der Waals surface area contributed by atoms with Crippen LogP contribution in [0.4, 0.5) is 5.69 Å². The minimum absolute atomic E-state index is 0.177. The second-order valence-corrected chi connectivity index (χ2v) is 8.01. The van der Waals surface area contributed by atoms with Crippen molar-refractivity contribution in [2.45, 2.75) is 13.3 Å². The first-order valence-electron chi connectivity index (χ1n) is 8.34. The summed E-state index contributed by atoms with van der Waals surface area (Å²) < 4.78 is 11.8. The Morgan fingerprint density at radius 2 is 1.93 bits per heavy atom. The Labute approximate surface area is 176 Å². The fourth-order valence-corrected chi connectivity index (χ4v) is 4.06. The summed E-state index contributed by atoms with van der Waals surface area (Å²) in [4.78, 5) is 17.4. The molecule has 0 aromatic heterocycles. The van der Waals surface area contributed by atoms with Gasteiger partial charge in [0.2, 0.25) is 0 Å². The van der Waals surface area contributed by atoms with E-state index >= 15 is 0 Å². The molecule has 0 spiro atoms. The molecular weight excluding hydrogens is 475 g/mol. The lowest BCUT2D eigenvalue weighted by atomic mass is 10.1. The molecule has 0 bridgehead atoms. The minimum atomic E-state index is -0.177. The van der Waals surface area contributed by atoms with Gasteiger partial charge in [0, 0.05) is 9.13 Å². The number of carbonyl (C=O) groups excluding carboxylic acids is 1.